The van der Waals surface area contributed by atoms with E-state index in [0.29, 0.717) is 24.5 Å². The molecule has 5 heteroatoms. The second-order valence-electron chi connectivity index (χ2n) is 5.70. The van der Waals surface area contributed by atoms with Crippen molar-refractivity contribution in [3.05, 3.63) is 47.7 Å². The lowest BCUT2D eigenvalue weighted by Crippen LogP contribution is -2.33. The predicted molar refractivity (Wildman–Crippen MR) is 96.9 cm³/mol. The lowest BCUT2D eigenvalue weighted by molar-refractivity contribution is 0.0569. The molecule has 2 rings (SSSR count). The van der Waals surface area contributed by atoms with Crippen molar-refractivity contribution in [1.82, 2.24) is 10.3 Å². The molecule has 0 bridgehead atoms. The van der Waals surface area contributed by atoms with Gasteiger partial charge in [0.25, 0.3) is 5.91 Å². The van der Waals surface area contributed by atoms with Crippen LogP contribution in [0.2, 0.25) is 0 Å². The molecule has 0 saturated heterocycles. The maximum atomic E-state index is 12.4. The molecule has 0 aliphatic rings. The van der Waals surface area contributed by atoms with Crippen LogP contribution in [0.25, 0.3) is 11.1 Å². The Morgan fingerprint density at radius 2 is 2.08 bits per heavy atom. The van der Waals surface area contributed by atoms with E-state index >= 15 is 0 Å². The number of aryl methyl sites for hydroxylation is 1. The zero-order valence-electron chi connectivity index (χ0n) is 14.5. The first-order valence-electron chi connectivity index (χ1n) is 8.27. The van der Waals surface area contributed by atoms with E-state index in [1.807, 2.05) is 45.0 Å². The molecule has 0 aliphatic heterocycles. The van der Waals surface area contributed by atoms with Gasteiger partial charge in [0.15, 0.2) is 0 Å². The number of hydrogen-bond acceptors (Lipinski definition) is 4. The van der Waals surface area contributed by atoms with Gasteiger partial charge < -0.3 is 15.8 Å². The van der Waals surface area contributed by atoms with Crippen LogP contribution in [-0.2, 0) is 4.74 Å². The summed E-state index contributed by atoms with van der Waals surface area (Å²) in [6.45, 7) is 7.07. The minimum Gasteiger partial charge on any atom is -0.383 e. The minimum atomic E-state index is -0.102. The summed E-state index contributed by atoms with van der Waals surface area (Å²) in [5.41, 5.74) is 9.19. The molecule has 1 amide bonds. The Morgan fingerprint density at radius 1 is 1.29 bits per heavy atom. The molecular formula is C19H25N3O2. The number of amides is 1. The topological polar surface area (TPSA) is 77.2 Å². The fourth-order valence-corrected chi connectivity index (χ4v) is 2.45. The number of carbonyl (C=O) groups is 1. The van der Waals surface area contributed by atoms with Gasteiger partial charge in [0, 0.05) is 30.5 Å². The average Bonchev–Trinajstić information content (AvgIpc) is 2.60. The fraction of sp³-hybridized carbons (Fsp3) is 0.368. The van der Waals surface area contributed by atoms with Crippen LogP contribution in [0, 0.1) is 6.92 Å². The van der Waals surface area contributed by atoms with E-state index in [1.165, 1.54) is 0 Å². The number of anilines is 1. The van der Waals surface area contributed by atoms with Crippen LogP contribution < -0.4 is 11.1 Å². The van der Waals surface area contributed by atoms with Gasteiger partial charge >= 0.3 is 0 Å². The summed E-state index contributed by atoms with van der Waals surface area (Å²) in [5.74, 6) is 0.421. The van der Waals surface area contributed by atoms with E-state index < -0.39 is 0 Å². The van der Waals surface area contributed by atoms with E-state index in [-0.39, 0.29) is 12.0 Å². The molecule has 0 spiro atoms. The highest BCUT2D eigenvalue weighted by Gasteiger charge is 2.11. The van der Waals surface area contributed by atoms with E-state index in [0.717, 1.165) is 23.1 Å². The van der Waals surface area contributed by atoms with Crippen LogP contribution in [0.5, 0.6) is 0 Å². The van der Waals surface area contributed by atoms with Crippen molar-refractivity contribution in [2.45, 2.75) is 33.3 Å². The number of benzene rings is 1. The van der Waals surface area contributed by atoms with Gasteiger partial charge in [-0.3, -0.25) is 4.79 Å². The van der Waals surface area contributed by atoms with Crippen LogP contribution in [-0.4, -0.2) is 30.1 Å². The molecule has 0 radical (unpaired) electrons. The lowest BCUT2D eigenvalue weighted by Gasteiger charge is -2.15. The molecule has 3 N–H and O–H groups in total. The minimum absolute atomic E-state index is 0.0473. The van der Waals surface area contributed by atoms with Crippen LogP contribution >= 0.6 is 0 Å². The lowest BCUT2D eigenvalue weighted by atomic mass is 10.0. The van der Waals surface area contributed by atoms with Gasteiger partial charge in [0.05, 0.1) is 6.10 Å². The van der Waals surface area contributed by atoms with Crippen molar-refractivity contribution in [2.24, 2.45) is 0 Å². The molecule has 128 valence electrons. The first-order chi connectivity index (χ1) is 11.5. The molecule has 1 aromatic heterocycles. The second kappa shape index (κ2) is 8.45. The molecule has 1 atom stereocenters. The van der Waals surface area contributed by atoms with Gasteiger partial charge in [-0.25, -0.2) is 4.98 Å². The zero-order valence-corrected chi connectivity index (χ0v) is 14.5. The summed E-state index contributed by atoms with van der Waals surface area (Å²) in [7, 11) is 0. The molecule has 2 aromatic rings. The molecule has 0 fully saturated rings. The number of ether oxygens (including phenoxy) is 1. The molecule has 1 heterocycles. The molecule has 5 nitrogen and oxygen atoms in total. The third-order valence-electron chi connectivity index (χ3n) is 3.92. The molecule has 0 saturated carbocycles. The van der Waals surface area contributed by atoms with E-state index in [4.69, 9.17) is 10.5 Å². The highest BCUT2D eigenvalue weighted by Crippen LogP contribution is 2.22. The molecule has 0 aliphatic carbocycles. The monoisotopic (exact) mass is 327 g/mol. The molecule has 24 heavy (non-hydrogen) atoms. The summed E-state index contributed by atoms with van der Waals surface area (Å²) in [4.78, 5) is 16.6. The Kier molecular flexibility index (Phi) is 6.32. The van der Waals surface area contributed by atoms with Crippen molar-refractivity contribution < 1.29 is 9.53 Å². The van der Waals surface area contributed by atoms with Gasteiger partial charge in [0.1, 0.15) is 5.82 Å². The summed E-state index contributed by atoms with van der Waals surface area (Å²) >= 11 is 0. The van der Waals surface area contributed by atoms with E-state index in [2.05, 4.69) is 10.3 Å². The largest absolute Gasteiger partial charge is 0.383 e. The van der Waals surface area contributed by atoms with Gasteiger partial charge in [-0.2, -0.15) is 0 Å². The second-order valence-corrected chi connectivity index (χ2v) is 5.70. The predicted octanol–water partition coefficient (Wildman–Crippen LogP) is 3.18. The highest BCUT2D eigenvalue weighted by atomic mass is 16.5. The molecule has 0 unspecified atom stereocenters. The van der Waals surface area contributed by atoms with Crippen LogP contribution in [0.4, 0.5) is 5.82 Å². The third kappa shape index (κ3) is 4.55. The number of rotatable bonds is 7. The fourth-order valence-electron chi connectivity index (χ4n) is 2.45. The summed E-state index contributed by atoms with van der Waals surface area (Å²) in [6, 6.07) is 9.47. The first kappa shape index (κ1) is 17.9. The third-order valence-corrected chi connectivity index (χ3v) is 3.92. The number of pyridine rings is 1. The summed E-state index contributed by atoms with van der Waals surface area (Å²) < 4.78 is 5.56. The number of nitrogens with one attached hydrogen (secondary N) is 1. The van der Waals surface area contributed by atoms with Crippen LogP contribution in [0.3, 0.4) is 0 Å². The maximum Gasteiger partial charge on any atom is 0.251 e. The smallest absolute Gasteiger partial charge is 0.251 e. The molecule has 1 aromatic carbocycles. The van der Waals surface area contributed by atoms with Gasteiger partial charge in [0.2, 0.25) is 0 Å². The Labute approximate surface area is 143 Å². The Hall–Kier alpha value is -2.40. The van der Waals surface area contributed by atoms with Crippen molar-refractivity contribution in [3.8, 4) is 11.1 Å². The first-order valence-corrected chi connectivity index (χ1v) is 8.27. The van der Waals surface area contributed by atoms with Crippen LogP contribution in [0.1, 0.15) is 36.2 Å². The highest BCUT2D eigenvalue weighted by molar-refractivity contribution is 5.95. The SMILES string of the molecule is CCO[C@H](CC)CNC(=O)c1cccc(-c2cnc(N)c(C)c2)c1. The number of nitrogens with two attached hydrogens (primary N) is 1. The van der Waals surface area contributed by atoms with Crippen molar-refractivity contribution in [2.75, 3.05) is 18.9 Å². The number of nitrogen functional groups attached to an aromatic ring is 1. The van der Waals surface area contributed by atoms with Crippen LogP contribution in [0.15, 0.2) is 36.5 Å². The number of carbonyl (C=O) groups excluding carboxylic acids is 1. The van der Waals surface area contributed by atoms with E-state index in [9.17, 15) is 4.79 Å². The van der Waals surface area contributed by atoms with Gasteiger partial charge in [-0.05, 0) is 49.6 Å². The zero-order chi connectivity index (χ0) is 17.5. The standard InChI is InChI=1S/C19H25N3O2/c1-4-17(24-5-2)12-22-19(23)15-8-6-7-14(10-15)16-9-13(3)18(20)21-11-16/h6-11,17H,4-5,12H2,1-3H3,(H2,20,21)(H,22,23)/t17-/m1/s1. The summed E-state index contributed by atoms with van der Waals surface area (Å²) in [5, 5.41) is 2.93. The number of nitrogens with zero attached hydrogens (tertiary/aromatic N) is 1. The quantitative estimate of drug-likeness (QED) is 0.819. The molecular weight excluding hydrogens is 302 g/mol. The van der Waals surface area contributed by atoms with E-state index in [1.54, 1.807) is 12.3 Å². The summed E-state index contributed by atoms with van der Waals surface area (Å²) in [6.07, 6.45) is 2.64. The number of aromatic nitrogens is 1. The van der Waals surface area contributed by atoms with Crippen molar-refractivity contribution >= 4 is 11.7 Å². The van der Waals surface area contributed by atoms with Gasteiger partial charge in [-0.1, -0.05) is 19.1 Å². The maximum absolute atomic E-state index is 12.4. The normalized spacial score (nSPS) is 12.0. The Balaban J connectivity index is 2.11. The number of hydrogen-bond donors (Lipinski definition) is 2. The van der Waals surface area contributed by atoms with Crippen molar-refractivity contribution in [3.63, 3.8) is 0 Å². The Bertz CT molecular complexity index is 701. The Morgan fingerprint density at radius 3 is 2.75 bits per heavy atom. The average molecular weight is 327 g/mol. The van der Waals surface area contributed by atoms with Crippen molar-refractivity contribution in [1.29, 1.82) is 0 Å². The van der Waals surface area contributed by atoms with Gasteiger partial charge in [-0.15, -0.1) is 0 Å².